The van der Waals surface area contributed by atoms with Crippen molar-refractivity contribution in [3.05, 3.63) is 59.9 Å². The van der Waals surface area contributed by atoms with E-state index in [1.165, 1.54) is 24.0 Å². The largest absolute Gasteiger partial charge is 0.497 e. The Kier molecular flexibility index (Phi) is 10.3. The van der Waals surface area contributed by atoms with Gasteiger partial charge in [0, 0.05) is 74.6 Å². The molecule has 0 bridgehead atoms. The second-order valence-electron chi connectivity index (χ2n) is 11.3. The number of nitrogens with zero attached hydrogens (tertiary/aromatic N) is 4. The summed E-state index contributed by atoms with van der Waals surface area (Å²) in [4.78, 5) is 14.5. The molecule has 5 rings (SSSR count). The van der Waals surface area contributed by atoms with Crippen molar-refractivity contribution in [2.75, 3.05) is 77.2 Å². The van der Waals surface area contributed by atoms with Gasteiger partial charge in [-0.2, -0.15) is 0 Å². The molecule has 0 aliphatic carbocycles. The zero-order chi connectivity index (χ0) is 29.3. The lowest BCUT2D eigenvalue weighted by atomic mass is 10.1. The van der Waals surface area contributed by atoms with E-state index >= 15 is 0 Å². The highest BCUT2D eigenvalue weighted by molar-refractivity contribution is 5.94. The fourth-order valence-electron chi connectivity index (χ4n) is 5.83. The quantitative estimate of drug-likeness (QED) is 0.176. The van der Waals surface area contributed by atoms with Gasteiger partial charge in [-0.05, 0) is 88.0 Å². The van der Waals surface area contributed by atoms with E-state index in [1.807, 2.05) is 24.5 Å². The van der Waals surface area contributed by atoms with Crippen LogP contribution in [0.1, 0.15) is 36.8 Å². The number of benzene rings is 2. The molecule has 42 heavy (non-hydrogen) atoms. The molecule has 3 heterocycles. The molecule has 8 nitrogen and oxygen atoms in total. The van der Waals surface area contributed by atoms with Crippen molar-refractivity contribution in [2.24, 2.45) is 0 Å². The van der Waals surface area contributed by atoms with Crippen LogP contribution < -0.4 is 20.1 Å². The number of aromatic nitrogens is 2. The number of nitrogens with one attached hydrogen (secondary N) is 2. The lowest BCUT2D eigenvalue weighted by molar-refractivity contribution is 0.130. The fraction of sp³-hybridized carbons (Fsp3) is 0.471. The molecule has 1 fully saturated rings. The molecule has 8 heteroatoms. The number of anilines is 2. The van der Waals surface area contributed by atoms with Crippen LogP contribution in [0.3, 0.4) is 0 Å². The Morgan fingerprint density at radius 3 is 1.48 bits per heavy atom. The fourth-order valence-corrected chi connectivity index (χ4v) is 5.83. The van der Waals surface area contributed by atoms with Crippen LogP contribution in [0.5, 0.6) is 11.5 Å². The van der Waals surface area contributed by atoms with Gasteiger partial charge in [-0.25, -0.2) is 0 Å². The van der Waals surface area contributed by atoms with Crippen LogP contribution in [0, 0.1) is 13.8 Å². The first kappa shape index (κ1) is 29.9. The molecule has 224 valence electrons. The normalized spacial score (nSPS) is 14.4. The van der Waals surface area contributed by atoms with Crippen molar-refractivity contribution in [3.63, 3.8) is 0 Å². The topological polar surface area (TPSA) is 74.8 Å². The third-order valence-electron chi connectivity index (χ3n) is 8.44. The molecule has 2 aromatic heterocycles. The minimum atomic E-state index is 0.869. The van der Waals surface area contributed by atoms with Gasteiger partial charge < -0.3 is 29.9 Å². The highest BCUT2D eigenvalue weighted by atomic mass is 16.5. The third kappa shape index (κ3) is 7.41. The third-order valence-corrected chi connectivity index (χ3v) is 8.44. The average molecular weight is 571 g/mol. The van der Waals surface area contributed by atoms with Gasteiger partial charge in [0.25, 0.3) is 0 Å². The van der Waals surface area contributed by atoms with Crippen LogP contribution in [0.4, 0.5) is 11.4 Å². The van der Waals surface area contributed by atoms with Crippen molar-refractivity contribution < 1.29 is 9.47 Å². The van der Waals surface area contributed by atoms with E-state index in [2.05, 4.69) is 68.5 Å². The number of unbranched alkanes of at least 4 members (excludes halogenated alkanes) is 2. The van der Waals surface area contributed by atoms with Gasteiger partial charge in [-0.3, -0.25) is 9.97 Å². The zero-order valence-electron chi connectivity index (χ0n) is 25.7. The van der Waals surface area contributed by atoms with E-state index < -0.39 is 0 Å². The predicted octanol–water partition coefficient (Wildman–Crippen LogP) is 6.12. The number of fused-ring (bicyclic) bond motifs is 2. The van der Waals surface area contributed by atoms with Crippen molar-refractivity contribution in [1.82, 2.24) is 19.8 Å². The van der Waals surface area contributed by atoms with E-state index in [4.69, 9.17) is 9.47 Å². The first-order chi connectivity index (χ1) is 20.6. The zero-order valence-corrected chi connectivity index (χ0v) is 25.7. The summed E-state index contributed by atoms with van der Waals surface area (Å²) < 4.78 is 11.1. The Morgan fingerprint density at radius 1 is 0.643 bits per heavy atom. The van der Waals surface area contributed by atoms with E-state index in [9.17, 15) is 0 Å². The smallest absolute Gasteiger partial charge is 0.121 e. The molecule has 0 amide bonds. The van der Waals surface area contributed by atoms with Crippen LogP contribution in [-0.4, -0.2) is 86.3 Å². The molecule has 0 radical (unpaired) electrons. The Labute approximate surface area is 250 Å². The summed E-state index contributed by atoms with van der Waals surface area (Å²) in [5.74, 6) is 1.74. The molecule has 4 aromatic rings. The SMILES string of the molecule is COc1cc(NCCCCN2CCN(CCCCNc3cc(OC)cc4c(C)ccnc34)CC2)c2nccc(C)c2c1. The summed E-state index contributed by atoms with van der Waals surface area (Å²) >= 11 is 0. The average Bonchev–Trinajstić information content (AvgIpc) is 3.01. The molecule has 1 aliphatic rings. The monoisotopic (exact) mass is 570 g/mol. The van der Waals surface area contributed by atoms with Gasteiger partial charge >= 0.3 is 0 Å². The number of aryl methyl sites for hydroxylation is 2. The Hall–Kier alpha value is -3.62. The van der Waals surface area contributed by atoms with Crippen molar-refractivity contribution in [3.8, 4) is 11.5 Å². The molecule has 0 atom stereocenters. The minimum Gasteiger partial charge on any atom is -0.497 e. The highest BCUT2D eigenvalue weighted by Crippen LogP contribution is 2.31. The van der Waals surface area contributed by atoms with Crippen LogP contribution in [-0.2, 0) is 0 Å². The molecule has 1 aliphatic heterocycles. The number of ether oxygens (including phenoxy) is 2. The second kappa shape index (κ2) is 14.5. The van der Waals surface area contributed by atoms with Crippen LogP contribution in [0.2, 0.25) is 0 Å². The van der Waals surface area contributed by atoms with Gasteiger partial charge in [-0.15, -0.1) is 0 Å². The molecule has 1 saturated heterocycles. The predicted molar refractivity (Wildman–Crippen MR) is 174 cm³/mol. The number of methoxy groups -OCH3 is 2. The van der Waals surface area contributed by atoms with Gasteiger partial charge in [0.05, 0.1) is 36.6 Å². The van der Waals surface area contributed by atoms with Crippen LogP contribution >= 0.6 is 0 Å². The number of piperazine rings is 1. The van der Waals surface area contributed by atoms with Gasteiger partial charge in [0.2, 0.25) is 0 Å². The minimum absolute atomic E-state index is 0.869. The summed E-state index contributed by atoms with van der Waals surface area (Å²) in [6.45, 7) is 13.1. The molecule has 0 spiro atoms. The summed E-state index contributed by atoms with van der Waals surface area (Å²) in [6.07, 6.45) is 8.42. The Bertz CT molecular complexity index is 1360. The summed E-state index contributed by atoms with van der Waals surface area (Å²) in [5, 5.41) is 9.51. The Balaban J connectivity index is 0.972. The lowest BCUT2D eigenvalue weighted by Crippen LogP contribution is -2.46. The lowest BCUT2D eigenvalue weighted by Gasteiger charge is -2.34. The molecule has 2 aromatic carbocycles. The van der Waals surface area contributed by atoms with E-state index in [0.717, 1.165) is 110 Å². The van der Waals surface area contributed by atoms with Crippen molar-refractivity contribution in [2.45, 2.75) is 39.5 Å². The number of hydrogen-bond donors (Lipinski definition) is 2. The first-order valence-electron chi connectivity index (χ1n) is 15.3. The van der Waals surface area contributed by atoms with Gasteiger partial charge in [-0.1, -0.05) is 0 Å². The number of rotatable bonds is 14. The maximum Gasteiger partial charge on any atom is 0.121 e. The molecular weight excluding hydrogens is 524 g/mol. The van der Waals surface area contributed by atoms with Crippen LogP contribution in [0.15, 0.2) is 48.8 Å². The summed E-state index contributed by atoms with van der Waals surface area (Å²) in [6, 6.07) is 12.4. The Morgan fingerprint density at radius 2 is 1.07 bits per heavy atom. The van der Waals surface area contributed by atoms with E-state index in [-0.39, 0.29) is 0 Å². The molecule has 0 saturated carbocycles. The maximum atomic E-state index is 5.53. The van der Waals surface area contributed by atoms with Crippen molar-refractivity contribution >= 4 is 33.2 Å². The summed E-state index contributed by atoms with van der Waals surface area (Å²) in [7, 11) is 3.44. The molecule has 2 N–H and O–H groups in total. The van der Waals surface area contributed by atoms with E-state index in [1.54, 1.807) is 14.2 Å². The number of pyridine rings is 2. The molecular formula is C34H46N6O2. The van der Waals surface area contributed by atoms with Gasteiger partial charge in [0.15, 0.2) is 0 Å². The van der Waals surface area contributed by atoms with Crippen molar-refractivity contribution in [1.29, 1.82) is 0 Å². The first-order valence-corrected chi connectivity index (χ1v) is 15.3. The van der Waals surface area contributed by atoms with Crippen LogP contribution in [0.25, 0.3) is 21.8 Å². The maximum absolute atomic E-state index is 5.53. The summed E-state index contributed by atoms with van der Waals surface area (Å²) in [5.41, 5.74) is 6.58. The second-order valence-corrected chi connectivity index (χ2v) is 11.3. The highest BCUT2D eigenvalue weighted by Gasteiger charge is 2.16. The number of hydrogen-bond acceptors (Lipinski definition) is 8. The molecule has 0 unspecified atom stereocenters. The van der Waals surface area contributed by atoms with E-state index in [0.29, 0.717) is 0 Å². The standard InChI is InChI=1S/C34H46N6O2/c1-25-9-13-37-33-29(25)21-27(41-3)23-31(33)35-11-5-7-15-39-17-19-40(20-18-39)16-8-6-12-36-32-24-28(42-4)22-30-26(2)10-14-38-34(30)32/h9-10,13-14,21-24,35-36H,5-8,11-12,15-20H2,1-4H3. The van der Waals surface area contributed by atoms with Gasteiger partial charge in [0.1, 0.15) is 11.5 Å².